The second kappa shape index (κ2) is 5.41. The Morgan fingerprint density at radius 1 is 1.23 bits per heavy atom. The zero-order valence-electron chi connectivity index (χ0n) is 12.4. The number of fused-ring (bicyclic) bond motifs is 1. The van der Waals surface area contributed by atoms with Crippen molar-refractivity contribution in [3.8, 4) is 0 Å². The average molecular weight is 300 g/mol. The van der Waals surface area contributed by atoms with E-state index in [0.29, 0.717) is 12.0 Å². The van der Waals surface area contributed by atoms with Crippen molar-refractivity contribution in [2.24, 2.45) is 0 Å². The minimum Gasteiger partial charge on any atom is -0.477 e. The fraction of sp³-hybridized carbons (Fsp3) is 0.471. The van der Waals surface area contributed by atoms with Crippen LogP contribution in [0.25, 0.3) is 10.9 Å². The zero-order valence-corrected chi connectivity index (χ0v) is 12.4. The summed E-state index contributed by atoms with van der Waals surface area (Å²) in [5, 5.41) is 10.0. The van der Waals surface area contributed by atoms with Crippen LogP contribution in [0.5, 0.6) is 0 Å². The summed E-state index contributed by atoms with van der Waals surface area (Å²) in [4.78, 5) is 16.6. The minimum atomic E-state index is -0.909. The first-order valence-electron chi connectivity index (χ1n) is 7.88. The van der Waals surface area contributed by atoms with Gasteiger partial charge in [0.15, 0.2) is 0 Å². The van der Waals surface area contributed by atoms with Crippen molar-refractivity contribution >= 4 is 16.9 Å². The number of carboxylic acids is 1. The molecule has 1 saturated heterocycles. The van der Waals surface area contributed by atoms with E-state index in [4.69, 9.17) is 9.84 Å². The third-order valence-electron chi connectivity index (χ3n) is 5.02. The molecule has 1 aliphatic carbocycles. The minimum absolute atomic E-state index is 0.256. The van der Waals surface area contributed by atoms with E-state index >= 15 is 0 Å². The number of carbonyl (C=O) groups is 1. The third-order valence-corrected chi connectivity index (χ3v) is 5.02. The second-order valence-electron chi connectivity index (χ2n) is 6.31. The fourth-order valence-electron chi connectivity index (χ4n) is 3.61. The molecule has 22 heavy (non-hydrogen) atoms. The summed E-state index contributed by atoms with van der Waals surface area (Å²) >= 11 is 0. The normalized spacial score (nSPS) is 26.0. The maximum atomic E-state index is 11.0. The molecule has 0 atom stereocenters. The van der Waals surface area contributed by atoms with E-state index in [1.54, 1.807) is 6.07 Å². The summed E-state index contributed by atoms with van der Waals surface area (Å²) in [6, 6.07) is 8.65. The van der Waals surface area contributed by atoms with Crippen LogP contribution in [-0.2, 0) is 4.74 Å². The van der Waals surface area contributed by atoms with Gasteiger partial charge < -0.3 is 14.8 Å². The Morgan fingerprint density at radius 3 is 2.73 bits per heavy atom. The van der Waals surface area contributed by atoms with Gasteiger partial charge in [-0.15, -0.1) is 0 Å². The lowest BCUT2D eigenvalue weighted by atomic mass is 9.75. The van der Waals surface area contributed by atoms with Gasteiger partial charge in [-0.2, -0.15) is 0 Å². The Kier molecular flexibility index (Phi) is 3.39. The molecular formula is C17H20N2O3. The Bertz CT molecular complexity index is 697. The quantitative estimate of drug-likeness (QED) is 0.914. The van der Waals surface area contributed by atoms with Crippen LogP contribution in [0.3, 0.4) is 0 Å². The largest absolute Gasteiger partial charge is 0.477 e. The Hall–Kier alpha value is -1.85. The van der Waals surface area contributed by atoms with E-state index in [0.717, 1.165) is 37.2 Å². The molecule has 116 valence electrons. The average Bonchev–Trinajstić information content (AvgIpc) is 2.90. The van der Waals surface area contributed by atoms with Crippen molar-refractivity contribution in [3.05, 3.63) is 35.5 Å². The summed E-state index contributed by atoms with van der Waals surface area (Å²) in [6.07, 6.45) is 2.38. The van der Waals surface area contributed by atoms with Crippen molar-refractivity contribution in [1.82, 2.24) is 9.88 Å². The van der Waals surface area contributed by atoms with Crippen LogP contribution < -0.4 is 0 Å². The number of ether oxygens (including phenoxy) is 1. The molecule has 0 unspecified atom stereocenters. The number of nitrogens with one attached hydrogen (secondary N) is 1. The van der Waals surface area contributed by atoms with E-state index in [1.165, 1.54) is 18.4 Å². The molecule has 0 spiro atoms. The maximum absolute atomic E-state index is 11.0. The number of aromatic amines is 1. The van der Waals surface area contributed by atoms with E-state index in [2.05, 4.69) is 22.0 Å². The number of hydrogen-bond acceptors (Lipinski definition) is 3. The van der Waals surface area contributed by atoms with Gasteiger partial charge in [-0.05, 0) is 36.5 Å². The molecule has 1 aliphatic heterocycles. The predicted molar refractivity (Wildman–Crippen MR) is 83.4 cm³/mol. The molecule has 0 amide bonds. The van der Waals surface area contributed by atoms with Crippen molar-refractivity contribution in [3.63, 3.8) is 0 Å². The highest BCUT2D eigenvalue weighted by Crippen LogP contribution is 2.40. The number of rotatable bonds is 3. The van der Waals surface area contributed by atoms with Gasteiger partial charge in [0.05, 0.1) is 13.2 Å². The van der Waals surface area contributed by atoms with Crippen molar-refractivity contribution < 1.29 is 14.6 Å². The van der Waals surface area contributed by atoms with E-state index in [1.807, 2.05) is 6.07 Å². The van der Waals surface area contributed by atoms with Gasteiger partial charge in [0.2, 0.25) is 0 Å². The van der Waals surface area contributed by atoms with Crippen molar-refractivity contribution in [1.29, 1.82) is 0 Å². The summed E-state index contributed by atoms with van der Waals surface area (Å²) in [6.45, 7) is 3.81. The van der Waals surface area contributed by atoms with Crippen molar-refractivity contribution in [2.75, 3.05) is 26.3 Å². The van der Waals surface area contributed by atoms with E-state index in [9.17, 15) is 4.79 Å². The highest BCUT2D eigenvalue weighted by molar-refractivity contribution is 5.93. The van der Waals surface area contributed by atoms with Crippen molar-refractivity contribution in [2.45, 2.75) is 24.8 Å². The summed E-state index contributed by atoms with van der Waals surface area (Å²) in [5.74, 6) is -0.317. The molecule has 2 heterocycles. The number of benzene rings is 1. The number of carboxylic acid groups (broad SMARTS) is 1. The SMILES string of the molecule is O=C(O)c1cc2ccc(C3CC(N4CCOCC4)C3)cc2[nH]1. The fourth-order valence-corrected chi connectivity index (χ4v) is 3.61. The number of morpholine rings is 1. The predicted octanol–water partition coefficient (Wildman–Crippen LogP) is 2.44. The third kappa shape index (κ3) is 2.40. The van der Waals surface area contributed by atoms with Gasteiger partial charge >= 0.3 is 5.97 Å². The lowest BCUT2D eigenvalue weighted by Gasteiger charge is -2.44. The number of hydrogen-bond donors (Lipinski definition) is 2. The van der Waals surface area contributed by atoms with Crippen LogP contribution in [0.15, 0.2) is 24.3 Å². The van der Waals surface area contributed by atoms with Crippen LogP contribution in [0.4, 0.5) is 0 Å². The first kappa shape index (κ1) is 13.8. The number of aromatic nitrogens is 1. The Labute approximate surface area is 128 Å². The zero-order chi connectivity index (χ0) is 15.1. The molecule has 4 rings (SSSR count). The van der Waals surface area contributed by atoms with Crippen LogP contribution in [0.2, 0.25) is 0 Å². The topological polar surface area (TPSA) is 65.6 Å². The molecule has 2 fully saturated rings. The van der Waals surface area contributed by atoms with Gasteiger partial charge in [-0.1, -0.05) is 12.1 Å². The van der Waals surface area contributed by atoms with Crippen LogP contribution in [-0.4, -0.2) is 53.3 Å². The first-order chi connectivity index (χ1) is 10.7. The van der Waals surface area contributed by atoms with Gasteiger partial charge in [0.25, 0.3) is 0 Å². The van der Waals surface area contributed by atoms with Gasteiger partial charge in [0.1, 0.15) is 5.69 Å². The molecular weight excluding hydrogens is 280 g/mol. The number of aromatic carboxylic acids is 1. The molecule has 1 saturated carbocycles. The second-order valence-corrected chi connectivity index (χ2v) is 6.31. The Balaban J connectivity index is 1.47. The molecule has 0 radical (unpaired) electrons. The van der Waals surface area contributed by atoms with Gasteiger partial charge in [0, 0.05) is 30.0 Å². The first-order valence-corrected chi connectivity index (χ1v) is 7.88. The highest BCUT2D eigenvalue weighted by atomic mass is 16.5. The van der Waals surface area contributed by atoms with Crippen LogP contribution >= 0.6 is 0 Å². The summed E-state index contributed by atoms with van der Waals surface area (Å²) in [5.41, 5.74) is 2.49. The molecule has 5 heteroatoms. The molecule has 2 N–H and O–H groups in total. The van der Waals surface area contributed by atoms with Crippen LogP contribution in [0, 0.1) is 0 Å². The number of nitrogens with zero attached hydrogens (tertiary/aromatic N) is 1. The van der Waals surface area contributed by atoms with Crippen LogP contribution in [0.1, 0.15) is 34.8 Å². The van der Waals surface area contributed by atoms with E-state index < -0.39 is 5.97 Å². The Morgan fingerprint density at radius 2 is 2.00 bits per heavy atom. The summed E-state index contributed by atoms with van der Waals surface area (Å²) < 4.78 is 5.41. The molecule has 5 nitrogen and oxygen atoms in total. The highest BCUT2D eigenvalue weighted by Gasteiger charge is 2.35. The molecule has 2 aliphatic rings. The molecule has 2 aromatic rings. The molecule has 1 aromatic carbocycles. The van der Waals surface area contributed by atoms with Gasteiger partial charge in [-0.25, -0.2) is 4.79 Å². The monoisotopic (exact) mass is 300 g/mol. The number of H-pyrrole nitrogens is 1. The molecule has 0 bridgehead atoms. The lowest BCUT2D eigenvalue weighted by molar-refractivity contribution is -0.00697. The maximum Gasteiger partial charge on any atom is 0.352 e. The smallest absolute Gasteiger partial charge is 0.352 e. The lowest BCUT2D eigenvalue weighted by Crippen LogP contribution is -2.48. The van der Waals surface area contributed by atoms with Gasteiger partial charge in [-0.3, -0.25) is 4.90 Å². The summed E-state index contributed by atoms with van der Waals surface area (Å²) in [7, 11) is 0. The molecule has 1 aromatic heterocycles. The van der Waals surface area contributed by atoms with E-state index in [-0.39, 0.29) is 5.69 Å². The standard InChI is InChI=1S/C17H20N2O3/c20-17(21)16-10-12-2-1-11(9-15(12)18-16)13-7-14(8-13)19-3-5-22-6-4-19/h1-2,9-10,13-14,18H,3-8H2,(H,20,21).